The number of carbonyl (C=O) groups is 1. The monoisotopic (exact) mass is 505 g/mol. The molecule has 2 fully saturated rings. The summed E-state index contributed by atoms with van der Waals surface area (Å²) >= 11 is 0. The lowest BCUT2D eigenvalue weighted by atomic mass is 10.0. The van der Waals surface area contributed by atoms with Crippen LogP contribution in [0.5, 0.6) is 5.75 Å². The molecule has 10 heteroatoms. The number of methoxy groups -OCH3 is 1. The molecule has 0 unspecified atom stereocenters. The molecule has 2 aliphatic heterocycles. The van der Waals surface area contributed by atoms with Crippen LogP contribution >= 0.6 is 0 Å². The predicted octanol–water partition coefficient (Wildman–Crippen LogP) is 4.03. The Labute approximate surface area is 217 Å². The van der Waals surface area contributed by atoms with Crippen molar-refractivity contribution < 1.29 is 14.3 Å². The van der Waals surface area contributed by atoms with E-state index in [4.69, 9.17) is 14.6 Å². The molecule has 37 heavy (non-hydrogen) atoms. The Hall–Kier alpha value is -3.58. The van der Waals surface area contributed by atoms with Crippen molar-refractivity contribution in [2.24, 2.45) is 0 Å². The Morgan fingerprint density at radius 2 is 1.84 bits per heavy atom. The molecule has 0 N–H and O–H groups in total. The molecule has 3 aromatic rings. The molecule has 10 nitrogen and oxygen atoms in total. The Balaban J connectivity index is 1.25. The number of hydrogen-bond acceptors (Lipinski definition) is 7. The van der Waals surface area contributed by atoms with Crippen LogP contribution in [0.3, 0.4) is 0 Å². The summed E-state index contributed by atoms with van der Waals surface area (Å²) in [5.41, 5.74) is 3.77. The zero-order chi connectivity index (χ0) is 26.3. The highest BCUT2D eigenvalue weighted by Crippen LogP contribution is 2.34. The van der Waals surface area contributed by atoms with Gasteiger partial charge < -0.3 is 14.4 Å². The van der Waals surface area contributed by atoms with E-state index in [0.717, 1.165) is 62.3 Å². The minimum absolute atomic E-state index is 0.210. The first kappa shape index (κ1) is 25.1. The van der Waals surface area contributed by atoms with Crippen LogP contribution in [-0.2, 0) is 4.74 Å². The maximum absolute atomic E-state index is 12.5. The molecule has 0 radical (unpaired) electrons. The molecule has 5 rings (SSSR count). The van der Waals surface area contributed by atoms with Gasteiger partial charge in [0.05, 0.1) is 25.5 Å². The van der Waals surface area contributed by atoms with E-state index in [1.54, 1.807) is 17.8 Å². The third kappa shape index (κ3) is 4.88. The van der Waals surface area contributed by atoms with Crippen LogP contribution in [0.15, 0.2) is 24.7 Å². The molecule has 196 valence electrons. The van der Waals surface area contributed by atoms with Crippen molar-refractivity contribution in [3.8, 4) is 22.9 Å². The molecule has 1 atom stereocenters. The second-order valence-corrected chi connectivity index (χ2v) is 11.0. The first-order valence-corrected chi connectivity index (χ1v) is 12.9. The fourth-order valence-corrected chi connectivity index (χ4v) is 5.57. The van der Waals surface area contributed by atoms with E-state index >= 15 is 0 Å². The van der Waals surface area contributed by atoms with Crippen LogP contribution in [0, 0.1) is 18.3 Å². The molecule has 2 saturated heterocycles. The molecule has 2 aliphatic rings. The summed E-state index contributed by atoms with van der Waals surface area (Å²) in [6, 6.07) is 4.83. The van der Waals surface area contributed by atoms with Crippen molar-refractivity contribution >= 4 is 11.6 Å². The molecule has 0 aliphatic carbocycles. The van der Waals surface area contributed by atoms with Gasteiger partial charge in [-0.05, 0) is 53.0 Å². The van der Waals surface area contributed by atoms with Crippen molar-refractivity contribution in [2.75, 3.05) is 33.3 Å². The fraction of sp³-hybridized carbons (Fsp3) is 0.556. The van der Waals surface area contributed by atoms with Crippen molar-refractivity contribution in [1.82, 2.24) is 29.2 Å². The number of piperidine rings is 1. The van der Waals surface area contributed by atoms with Crippen molar-refractivity contribution in [2.45, 2.75) is 64.6 Å². The van der Waals surface area contributed by atoms with Gasteiger partial charge >= 0.3 is 6.09 Å². The highest BCUT2D eigenvalue weighted by molar-refractivity contribution is 5.76. The van der Waals surface area contributed by atoms with Crippen LogP contribution < -0.4 is 4.74 Å². The largest absolute Gasteiger partial charge is 0.494 e. The molecule has 0 bridgehead atoms. The number of amides is 1. The second-order valence-electron chi connectivity index (χ2n) is 11.0. The summed E-state index contributed by atoms with van der Waals surface area (Å²) in [5, 5.41) is 18.5. The summed E-state index contributed by atoms with van der Waals surface area (Å²) < 4.78 is 15.0. The molecule has 1 amide bonds. The van der Waals surface area contributed by atoms with Crippen molar-refractivity contribution in [3.63, 3.8) is 0 Å². The Morgan fingerprint density at radius 3 is 2.51 bits per heavy atom. The first-order chi connectivity index (χ1) is 17.7. The SMILES string of the molecule is COc1cc(-c2cnn(C3CCN([C@@H]4CCN(C(=O)OC(C)(C)C)C4)CC3)c2C)cn2ncc(C#N)c12. The van der Waals surface area contributed by atoms with Crippen LogP contribution in [0.1, 0.15) is 57.3 Å². The molecular formula is C27H35N7O3. The average molecular weight is 506 g/mol. The molecule has 0 saturated carbocycles. The van der Waals surface area contributed by atoms with E-state index in [2.05, 4.69) is 27.7 Å². The molecule has 0 spiro atoms. The zero-order valence-electron chi connectivity index (χ0n) is 22.3. The third-order valence-corrected chi connectivity index (χ3v) is 7.45. The maximum atomic E-state index is 12.5. The number of nitriles is 1. The fourth-order valence-electron chi connectivity index (χ4n) is 5.57. The molecular weight excluding hydrogens is 470 g/mol. The summed E-state index contributed by atoms with van der Waals surface area (Å²) in [6.07, 6.45) is 8.19. The number of nitrogens with zero attached hydrogens (tertiary/aromatic N) is 7. The second kappa shape index (κ2) is 9.71. The topological polar surface area (TPSA) is 101 Å². The Morgan fingerprint density at radius 1 is 1.11 bits per heavy atom. The van der Waals surface area contributed by atoms with Crippen LogP contribution in [0.4, 0.5) is 4.79 Å². The van der Waals surface area contributed by atoms with Gasteiger partial charge in [0.1, 0.15) is 28.5 Å². The van der Waals surface area contributed by atoms with Crippen LogP contribution in [0.25, 0.3) is 16.6 Å². The number of aromatic nitrogens is 4. The number of hydrogen-bond donors (Lipinski definition) is 0. The predicted molar refractivity (Wildman–Crippen MR) is 138 cm³/mol. The number of pyridine rings is 1. The van der Waals surface area contributed by atoms with E-state index < -0.39 is 5.60 Å². The number of ether oxygens (including phenoxy) is 2. The van der Waals surface area contributed by atoms with E-state index in [9.17, 15) is 10.1 Å². The van der Waals surface area contributed by atoms with E-state index in [-0.39, 0.29) is 6.09 Å². The van der Waals surface area contributed by atoms with Gasteiger partial charge in [-0.2, -0.15) is 15.5 Å². The van der Waals surface area contributed by atoms with Gasteiger partial charge in [-0.15, -0.1) is 0 Å². The van der Waals surface area contributed by atoms with Gasteiger partial charge in [0.2, 0.25) is 0 Å². The van der Waals surface area contributed by atoms with Gasteiger partial charge in [0, 0.05) is 55.2 Å². The highest BCUT2D eigenvalue weighted by Gasteiger charge is 2.35. The zero-order valence-corrected chi connectivity index (χ0v) is 22.3. The highest BCUT2D eigenvalue weighted by atomic mass is 16.6. The van der Waals surface area contributed by atoms with Gasteiger partial charge in [0.15, 0.2) is 0 Å². The lowest BCUT2D eigenvalue weighted by Crippen LogP contribution is -2.44. The summed E-state index contributed by atoms with van der Waals surface area (Å²) in [4.78, 5) is 16.8. The number of likely N-dealkylation sites (tertiary alicyclic amines) is 2. The quantitative estimate of drug-likeness (QED) is 0.528. The number of fused-ring (bicyclic) bond motifs is 1. The van der Waals surface area contributed by atoms with Gasteiger partial charge in [-0.25, -0.2) is 9.31 Å². The van der Waals surface area contributed by atoms with Crippen LogP contribution in [0.2, 0.25) is 0 Å². The summed E-state index contributed by atoms with van der Waals surface area (Å²) in [7, 11) is 1.61. The Bertz CT molecular complexity index is 1340. The standard InChI is InChI=1S/C27H35N7O3/c1-18-23(19-12-24(36-5)25-20(13-28)14-29-33(25)16-19)15-30-34(18)21-6-9-31(10-7-21)22-8-11-32(17-22)26(35)37-27(2,3)4/h12,14-16,21-22H,6-11,17H2,1-5H3/t22-/m1/s1. The van der Waals surface area contributed by atoms with Gasteiger partial charge in [0.25, 0.3) is 0 Å². The number of rotatable bonds is 4. The van der Waals surface area contributed by atoms with Crippen molar-refractivity contribution in [1.29, 1.82) is 5.26 Å². The smallest absolute Gasteiger partial charge is 0.410 e. The minimum atomic E-state index is -0.469. The lowest BCUT2D eigenvalue weighted by molar-refractivity contribution is 0.0274. The summed E-state index contributed by atoms with van der Waals surface area (Å²) in [5.74, 6) is 0.615. The Kier molecular flexibility index (Phi) is 6.58. The lowest BCUT2D eigenvalue weighted by Gasteiger charge is -2.36. The number of carbonyl (C=O) groups excluding carboxylic acids is 1. The third-order valence-electron chi connectivity index (χ3n) is 7.45. The average Bonchev–Trinajstić information content (AvgIpc) is 3.61. The van der Waals surface area contributed by atoms with Crippen molar-refractivity contribution in [3.05, 3.63) is 35.9 Å². The summed E-state index contributed by atoms with van der Waals surface area (Å²) in [6.45, 7) is 11.3. The van der Waals surface area contributed by atoms with E-state index in [1.165, 1.54) is 0 Å². The van der Waals surface area contributed by atoms with Gasteiger partial charge in [-0.1, -0.05) is 0 Å². The molecule has 0 aromatic carbocycles. The van der Waals surface area contributed by atoms with Crippen LogP contribution in [-0.4, -0.2) is 80.2 Å². The minimum Gasteiger partial charge on any atom is -0.494 e. The van der Waals surface area contributed by atoms with Gasteiger partial charge in [-0.3, -0.25) is 9.58 Å². The normalized spacial score (nSPS) is 19.4. The first-order valence-electron chi connectivity index (χ1n) is 12.9. The van der Waals surface area contributed by atoms with E-state index in [1.807, 2.05) is 44.1 Å². The molecule has 5 heterocycles. The maximum Gasteiger partial charge on any atom is 0.410 e. The molecule has 3 aromatic heterocycles. The van der Waals surface area contributed by atoms with E-state index in [0.29, 0.717) is 28.9 Å².